The molecule has 8 heteroatoms. The van der Waals surface area contributed by atoms with E-state index in [0.717, 1.165) is 0 Å². The number of rotatable bonds is 2. The molecule has 0 saturated heterocycles. The average Bonchev–Trinajstić information content (AvgIpc) is 1.58. The fraction of sp³-hybridized carbons (Fsp3) is 1.00. The lowest BCUT2D eigenvalue weighted by Crippen LogP contribution is -1.88. The molecule has 0 aromatic rings. The molecule has 1 atom stereocenters. The summed E-state index contributed by atoms with van der Waals surface area (Å²) in [7, 11) is -2.16. The maximum atomic E-state index is 10.3. The minimum atomic E-state index is -4.19. The van der Waals surface area contributed by atoms with Crippen molar-refractivity contribution >= 4 is 34.6 Å². The summed E-state index contributed by atoms with van der Waals surface area (Å²) in [5, 5.41) is -4.19. The Hall–Kier alpha value is 0.750. The molecule has 0 saturated carbocycles. The van der Waals surface area contributed by atoms with Crippen molar-refractivity contribution in [3.05, 3.63) is 0 Å². The normalized spacial score (nSPS) is 13.3. The van der Waals surface area contributed by atoms with Gasteiger partial charge in [-0.25, -0.2) is 0 Å². The number of hydrogen-bond acceptors (Lipinski definition) is 2. The Morgan fingerprint density at radius 3 is 1.91 bits per heavy atom. The van der Waals surface area contributed by atoms with E-state index in [-0.39, 0.29) is 0 Å². The summed E-state index contributed by atoms with van der Waals surface area (Å²) in [5.41, 5.74) is 0. The summed E-state index contributed by atoms with van der Waals surface area (Å²) in [5.74, 6) is 0. The first-order valence-corrected chi connectivity index (χ1v) is 5.47. The smallest absolute Gasteiger partial charge is 0.320 e. The fourth-order valence-electron chi connectivity index (χ4n) is 0.113. The van der Waals surface area contributed by atoms with Gasteiger partial charge in [-0.2, -0.15) is 13.2 Å². The van der Waals surface area contributed by atoms with Crippen LogP contribution in [0.25, 0.3) is 0 Å². The van der Waals surface area contributed by atoms with Gasteiger partial charge in [0.05, 0.1) is 6.61 Å². The predicted molar refractivity (Wildman–Crippen MR) is 41.5 cm³/mol. The number of alkyl halides is 4. The number of halogens is 5. The second-order valence-corrected chi connectivity index (χ2v) is 3.69. The molecule has 70 valence electrons. The lowest BCUT2D eigenvalue weighted by atomic mass is 10.9. The molecule has 11 heavy (non-hydrogen) atoms. The monoisotopic (exact) mass is 276 g/mol. The van der Waals surface area contributed by atoms with Crippen molar-refractivity contribution in [2.45, 2.75) is 12.0 Å². The SMILES string of the molecule is CCO[PH](=O)Cl.FC(F)(F)Br. The predicted octanol–water partition coefficient (Wildman–Crippen LogP) is 3.55. The first-order chi connectivity index (χ1) is 4.77. The Kier molecular flexibility index (Phi) is 9.61. The summed E-state index contributed by atoms with van der Waals surface area (Å²) in [6.07, 6.45) is 0. The summed E-state index contributed by atoms with van der Waals surface area (Å²) >= 11 is 6.28. The molecule has 0 aliphatic heterocycles. The van der Waals surface area contributed by atoms with E-state index in [0.29, 0.717) is 6.61 Å². The molecule has 0 aliphatic rings. The van der Waals surface area contributed by atoms with Crippen molar-refractivity contribution in [2.24, 2.45) is 0 Å². The van der Waals surface area contributed by atoms with Crippen molar-refractivity contribution in [3.63, 3.8) is 0 Å². The molecule has 0 aliphatic carbocycles. The summed E-state index contributed by atoms with van der Waals surface area (Å²) in [6, 6.07) is 0. The Balaban J connectivity index is 0. The molecule has 0 fully saturated rings. The largest absolute Gasteiger partial charge is 0.448 e. The van der Waals surface area contributed by atoms with Crippen LogP contribution in [-0.2, 0) is 9.09 Å². The second-order valence-electron chi connectivity index (χ2n) is 1.10. The summed E-state index contributed by atoms with van der Waals surface area (Å²) < 4.78 is 44.9. The fourth-order valence-corrected chi connectivity index (χ4v) is 0.668. The quantitative estimate of drug-likeness (QED) is 0.570. The van der Waals surface area contributed by atoms with Gasteiger partial charge in [0, 0.05) is 15.9 Å². The maximum Gasteiger partial charge on any atom is 0.448 e. The minimum absolute atomic E-state index is 0.432. The van der Waals surface area contributed by atoms with Gasteiger partial charge in [-0.1, -0.05) is 0 Å². The first-order valence-electron chi connectivity index (χ1n) is 2.35. The Bertz CT molecular complexity index is 114. The second kappa shape index (κ2) is 7.40. The molecule has 0 N–H and O–H groups in total. The molecule has 0 rings (SSSR count). The van der Waals surface area contributed by atoms with Crippen LogP contribution >= 0.6 is 34.6 Å². The highest BCUT2D eigenvalue weighted by atomic mass is 79.9. The molecule has 1 unspecified atom stereocenters. The van der Waals surface area contributed by atoms with E-state index in [1.807, 2.05) is 0 Å². The van der Waals surface area contributed by atoms with E-state index in [2.05, 4.69) is 4.52 Å². The zero-order valence-corrected chi connectivity index (χ0v) is 8.76. The van der Waals surface area contributed by atoms with Crippen molar-refractivity contribution in [2.75, 3.05) is 6.61 Å². The van der Waals surface area contributed by atoms with E-state index < -0.39 is 12.5 Å². The van der Waals surface area contributed by atoms with E-state index in [1.165, 1.54) is 15.9 Å². The summed E-state index contributed by atoms with van der Waals surface area (Å²) in [4.78, 5) is 0. The third kappa shape index (κ3) is 58.5. The van der Waals surface area contributed by atoms with Crippen molar-refractivity contribution in [3.8, 4) is 0 Å². The Morgan fingerprint density at radius 1 is 1.64 bits per heavy atom. The van der Waals surface area contributed by atoms with Crippen LogP contribution in [-0.4, -0.2) is 11.7 Å². The van der Waals surface area contributed by atoms with Gasteiger partial charge in [-0.3, -0.25) is 4.57 Å². The van der Waals surface area contributed by atoms with Crippen LogP contribution in [0.5, 0.6) is 0 Å². The molecule has 0 heterocycles. The lowest BCUT2D eigenvalue weighted by molar-refractivity contribution is -0.0245. The highest BCUT2D eigenvalue weighted by molar-refractivity contribution is 9.09. The van der Waals surface area contributed by atoms with Gasteiger partial charge in [0.15, 0.2) is 0 Å². The van der Waals surface area contributed by atoms with Crippen molar-refractivity contribution in [1.82, 2.24) is 0 Å². The van der Waals surface area contributed by atoms with E-state index in [1.54, 1.807) is 6.92 Å². The number of hydrogen-bond donors (Lipinski definition) is 0. The Morgan fingerprint density at radius 2 is 1.91 bits per heavy atom. The highest BCUT2D eigenvalue weighted by Crippen LogP contribution is 2.26. The van der Waals surface area contributed by atoms with Crippen LogP contribution in [0.1, 0.15) is 6.92 Å². The van der Waals surface area contributed by atoms with Gasteiger partial charge in [0.1, 0.15) is 0 Å². The average molecular weight is 277 g/mol. The van der Waals surface area contributed by atoms with Gasteiger partial charge < -0.3 is 4.52 Å². The molecule has 2 nitrogen and oxygen atoms in total. The van der Waals surface area contributed by atoms with E-state index >= 15 is 0 Å². The molecule has 0 spiro atoms. The highest BCUT2D eigenvalue weighted by Gasteiger charge is 2.19. The van der Waals surface area contributed by atoms with Crippen molar-refractivity contribution < 1.29 is 22.3 Å². The Labute approximate surface area is 75.8 Å². The van der Waals surface area contributed by atoms with Gasteiger partial charge in [0.25, 0.3) is 7.38 Å². The van der Waals surface area contributed by atoms with Crippen LogP contribution in [0.2, 0.25) is 0 Å². The molecule has 0 bridgehead atoms. The third-order valence-electron chi connectivity index (χ3n) is 0.258. The zero-order chi connectivity index (χ0) is 9.49. The van der Waals surface area contributed by atoms with Gasteiger partial charge in [0.2, 0.25) is 0 Å². The topological polar surface area (TPSA) is 26.3 Å². The van der Waals surface area contributed by atoms with E-state index in [4.69, 9.17) is 11.2 Å². The molecule has 0 aromatic carbocycles. The van der Waals surface area contributed by atoms with E-state index in [9.17, 15) is 17.7 Å². The maximum absolute atomic E-state index is 10.3. The zero-order valence-electron chi connectivity index (χ0n) is 5.41. The van der Waals surface area contributed by atoms with Gasteiger partial charge in [-0.15, -0.1) is 0 Å². The van der Waals surface area contributed by atoms with Crippen LogP contribution < -0.4 is 0 Å². The van der Waals surface area contributed by atoms with Gasteiger partial charge >= 0.3 is 5.09 Å². The molecular formula is C3H6BrClF3O2P. The third-order valence-corrected chi connectivity index (χ3v) is 1.10. The first kappa shape index (κ1) is 14.3. The van der Waals surface area contributed by atoms with Crippen molar-refractivity contribution in [1.29, 1.82) is 0 Å². The molecular weight excluding hydrogens is 271 g/mol. The molecule has 0 radical (unpaired) electrons. The lowest BCUT2D eigenvalue weighted by Gasteiger charge is -1.85. The van der Waals surface area contributed by atoms with Crippen LogP contribution in [0.3, 0.4) is 0 Å². The van der Waals surface area contributed by atoms with Crippen LogP contribution in [0.15, 0.2) is 0 Å². The van der Waals surface area contributed by atoms with Crippen LogP contribution in [0, 0.1) is 0 Å². The standard InChI is InChI=1S/C2H6ClO2P.CBrF3/c1-2-5-6(3)4;2-1(3,4)5/h6H,2H2,1H3;. The molecule has 0 aromatic heterocycles. The summed E-state index contributed by atoms with van der Waals surface area (Å²) in [6.45, 7) is 2.17. The minimum Gasteiger partial charge on any atom is -0.320 e. The van der Waals surface area contributed by atoms with Gasteiger partial charge in [-0.05, 0) is 18.2 Å². The molecule has 0 amide bonds. The van der Waals surface area contributed by atoms with Crippen LogP contribution in [0.4, 0.5) is 13.2 Å².